The molecule has 0 N–H and O–H groups in total. The maximum absolute atomic E-state index is 12.5. The summed E-state index contributed by atoms with van der Waals surface area (Å²) in [6, 6.07) is 0. The maximum atomic E-state index is 12.5. The minimum Gasteiger partial charge on any atom is -0.374 e. The van der Waals surface area contributed by atoms with Crippen molar-refractivity contribution in [3.05, 3.63) is 0 Å². The van der Waals surface area contributed by atoms with Crippen molar-refractivity contribution < 1.29 is 9.53 Å². The van der Waals surface area contributed by atoms with E-state index in [1.165, 1.54) is 32.1 Å². The zero-order chi connectivity index (χ0) is 11.0. The summed E-state index contributed by atoms with van der Waals surface area (Å²) in [4.78, 5) is 12.5. The molecule has 2 saturated heterocycles. The second-order valence-corrected chi connectivity index (χ2v) is 5.81. The molecule has 2 nitrogen and oxygen atoms in total. The molecule has 1 aliphatic carbocycles. The van der Waals surface area contributed by atoms with Gasteiger partial charge in [0, 0.05) is 11.8 Å². The number of carbonyl (C=O) groups excluding carboxylic acids is 1. The number of rotatable bonds is 2. The highest BCUT2D eigenvalue weighted by Crippen LogP contribution is 2.41. The lowest BCUT2D eigenvalue weighted by Gasteiger charge is -2.22. The van der Waals surface area contributed by atoms with Gasteiger partial charge in [-0.3, -0.25) is 4.79 Å². The Morgan fingerprint density at radius 1 is 0.938 bits per heavy atom. The third-order valence-corrected chi connectivity index (χ3v) is 4.73. The van der Waals surface area contributed by atoms with Crippen LogP contribution in [0.3, 0.4) is 0 Å². The predicted octanol–water partition coefficient (Wildman–Crippen LogP) is 3.09. The molecular weight excluding hydrogens is 200 g/mol. The summed E-state index contributed by atoms with van der Waals surface area (Å²) in [7, 11) is 0. The van der Waals surface area contributed by atoms with Gasteiger partial charge in [0.25, 0.3) is 0 Å². The van der Waals surface area contributed by atoms with Crippen LogP contribution in [-0.4, -0.2) is 18.0 Å². The minimum atomic E-state index is 0.266. The highest BCUT2D eigenvalue weighted by molar-refractivity contribution is 5.84. The molecule has 16 heavy (non-hydrogen) atoms. The van der Waals surface area contributed by atoms with Gasteiger partial charge in [-0.2, -0.15) is 0 Å². The monoisotopic (exact) mass is 222 g/mol. The van der Waals surface area contributed by atoms with Crippen LogP contribution in [0.25, 0.3) is 0 Å². The van der Waals surface area contributed by atoms with E-state index < -0.39 is 0 Å². The molecule has 0 radical (unpaired) electrons. The van der Waals surface area contributed by atoms with E-state index in [2.05, 4.69) is 0 Å². The summed E-state index contributed by atoms with van der Waals surface area (Å²) in [5, 5.41) is 0. The first kappa shape index (κ1) is 10.8. The highest BCUT2D eigenvalue weighted by Gasteiger charge is 2.45. The molecule has 0 spiro atoms. The third-order valence-electron chi connectivity index (χ3n) is 4.73. The number of hydrogen-bond donors (Lipinski definition) is 0. The average Bonchev–Trinajstić information content (AvgIpc) is 2.82. The van der Waals surface area contributed by atoms with E-state index in [1.807, 2.05) is 0 Å². The lowest BCUT2D eigenvalue weighted by atomic mass is 9.79. The summed E-state index contributed by atoms with van der Waals surface area (Å²) in [5.74, 6) is 1.19. The number of ether oxygens (including phenoxy) is 1. The Bertz CT molecular complexity index is 266. The van der Waals surface area contributed by atoms with Gasteiger partial charge in [0.1, 0.15) is 5.78 Å². The van der Waals surface area contributed by atoms with E-state index >= 15 is 0 Å². The molecule has 3 atom stereocenters. The first-order valence-corrected chi connectivity index (χ1v) is 7.04. The molecule has 0 aromatic heterocycles. The summed E-state index contributed by atoms with van der Waals surface area (Å²) >= 11 is 0. The van der Waals surface area contributed by atoms with Crippen LogP contribution in [0, 0.1) is 11.8 Å². The van der Waals surface area contributed by atoms with Crippen molar-refractivity contribution in [1.29, 1.82) is 0 Å². The SMILES string of the molecule is O=C(C1CCCCCC1)C1CC2CCC1O2. The molecule has 3 unspecified atom stereocenters. The van der Waals surface area contributed by atoms with Gasteiger partial charge in [-0.15, -0.1) is 0 Å². The second kappa shape index (κ2) is 4.48. The van der Waals surface area contributed by atoms with Gasteiger partial charge < -0.3 is 4.74 Å². The molecule has 90 valence electrons. The van der Waals surface area contributed by atoms with Crippen molar-refractivity contribution in [3.8, 4) is 0 Å². The van der Waals surface area contributed by atoms with E-state index in [1.54, 1.807) is 0 Å². The van der Waals surface area contributed by atoms with Crippen molar-refractivity contribution >= 4 is 5.78 Å². The highest BCUT2D eigenvalue weighted by atomic mass is 16.5. The molecule has 0 amide bonds. The Balaban J connectivity index is 1.63. The number of fused-ring (bicyclic) bond motifs is 2. The van der Waals surface area contributed by atoms with Gasteiger partial charge in [-0.1, -0.05) is 25.7 Å². The van der Waals surface area contributed by atoms with E-state index in [0.717, 1.165) is 25.7 Å². The first-order valence-electron chi connectivity index (χ1n) is 7.04. The van der Waals surface area contributed by atoms with Gasteiger partial charge in [-0.25, -0.2) is 0 Å². The van der Waals surface area contributed by atoms with Crippen LogP contribution in [0.5, 0.6) is 0 Å². The van der Waals surface area contributed by atoms with E-state index in [9.17, 15) is 4.79 Å². The molecule has 3 fully saturated rings. The molecular formula is C14H22O2. The fourth-order valence-corrected chi connectivity index (χ4v) is 3.80. The molecule has 2 heterocycles. The molecule has 2 aliphatic heterocycles. The largest absolute Gasteiger partial charge is 0.374 e. The summed E-state index contributed by atoms with van der Waals surface area (Å²) in [6.45, 7) is 0. The Labute approximate surface area is 97.7 Å². The summed E-state index contributed by atoms with van der Waals surface area (Å²) < 4.78 is 5.81. The molecule has 0 aromatic rings. The van der Waals surface area contributed by atoms with Crippen molar-refractivity contribution in [2.45, 2.75) is 70.0 Å². The quantitative estimate of drug-likeness (QED) is 0.671. The Morgan fingerprint density at radius 3 is 2.25 bits per heavy atom. The smallest absolute Gasteiger partial charge is 0.141 e. The number of carbonyl (C=O) groups is 1. The van der Waals surface area contributed by atoms with Crippen LogP contribution in [0.4, 0.5) is 0 Å². The number of Topliss-reactive ketones (excluding diaryl/α,β-unsaturated/α-hetero) is 1. The minimum absolute atomic E-state index is 0.266. The average molecular weight is 222 g/mol. The lowest BCUT2D eigenvalue weighted by Crippen LogP contribution is -2.30. The van der Waals surface area contributed by atoms with Gasteiger partial charge in [0.2, 0.25) is 0 Å². The third kappa shape index (κ3) is 1.92. The van der Waals surface area contributed by atoms with E-state index in [-0.39, 0.29) is 5.92 Å². The number of ketones is 1. The molecule has 2 heteroatoms. The molecule has 3 aliphatic rings. The van der Waals surface area contributed by atoms with Crippen molar-refractivity contribution in [3.63, 3.8) is 0 Å². The van der Waals surface area contributed by atoms with Gasteiger partial charge >= 0.3 is 0 Å². The van der Waals surface area contributed by atoms with Gasteiger partial charge in [0.15, 0.2) is 0 Å². The summed E-state index contributed by atoms with van der Waals surface area (Å²) in [6.07, 6.45) is 11.5. The lowest BCUT2D eigenvalue weighted by molar-refractivity contribution is -0.128. The van der Waals surface area contributed by atoms with Crippen molar-refractivity contribution in [2.24, 2.45) is 11.8 Å². The van der Waals surface area contributed by atoms with E-state index in [4.69, 9.17) is 4.74 Å². The zero-order valence-corrected chi connectivity index (χ0v) is 9.99. The second-order valence-electron chi connectivity index (χ2n) is 5.81. The predicted molar refractivity (Wildman–Crippen MR) is 62.2 cm³/mol. The van der Waals surface area contributed by atoms with Crippen LogP contribution in [0.1, 0.15) is 57.8 Å². The fraction of sp³-hybridized carbons (Fsp3) is 0.929. The maximum Gasteiger partial charge on any atom is 0.141 e. The first-order chi connectivity index (χ1) is 7.84. The Hall–Kier alpha value is -0.370. The van der Waals surface area contributed by atoms with Crippen LogP contribution < -0.4 is 0 Å². The van der Waals surface area contributed by atoms with Crippen LogP contribution in [-0.2, 0) is 9.53 Å². The van der Waals surface area contributed by atoms with Crippen LogP contribution in [0.2, 0.25) is 0 Å². The molecule has 3 rings (SSSR count). The van der Waals surface area contributed by atoms with Crippen molar-refractivity contribution in [2.75, 3.05) is 0 Å². The fourth-order valence-electron chi connectivity index (χ4n) is 3.80. The molecule has 2 bridgehead atoms. The number of hydrogen-bond acceptors (Lipinski definition) is 2. The van der Waals surface area contributed by atoms with Crippen LogP contribution >= 0.6 is 0 Å². The van der Waals surface area contributed by atoms with Crippen molar-refractivity contribution in [1.82, 2.24) is 0 Å². The van der Waals surface area contributed by atoms with Gasteiger partial charge in [-0.05, 0) is 32.1 Å². The zero-order valence-electron chi connectivity index (χ0n) is 9.99. The topological polar surface area (TPSA) is 26.3 Å². The normalized spacial score (nSPS) is 39.9. The standard InChI is InChI=1S/C14H22O2/c15-14(10-5-3-1-2-4-6-10)12-9-11-7-8-13(12)16-11/h10-13H,1-9H2. The van der Waals surface area contributed by atoms with Gasteiger partial charge in [0.05, 0.1) is 12.2 Å². The Kier molecular flexibility index (Phi) is 3.01. The molecule has 1 saturated carbocycles. The summed E-state index contributed by atoms with van der Waals surface area (Å²) in [5.41, 5.74) is 0. The Morgan fingerprint density at radius 2 is 1.69 bits per heavy atom. The van der Waals surface area contributed by atoms with Crippen LogP contribution in [0.15, 0.2) is 0 Å². The van der Waals surface area contributed by atoms with E-state index in [0.29, 0.717) is 23.9 Å². The molecule has 0 aromatic carbocycles.